The molecule has 1 aliphatic heterocycles. The Kier molecular flexibility index (Phi) is 7.98. The average Bonchev–Trinajstić information content (AvgIpc) is 3.60. The number of rotatable bonds is 6. The molecule has 1 aliphatic carbocycles. The molecule has 1 N–H and O–H groups in total. The molecule has 1 aromatic carbocycles. The number of anilines is 1. The van der Waals surface area contributed by atoms with Crippen LogP contribution in [0.5, 0.6) is 5.75 Å². The highest BCUT2D eigenvalue weighted by molar-refractivity contribution is 8.01. The molecule has 37 heavy (non-hydrogen) atoms. The van der Waals surface area contributed by atoms with E-state index in [1.165, 1.54) is 23.3 Å². The van der Waals surface area contributed by atoms with Gasteiger partial charge in [0, 0.05) is 32.1 Å². The quantitative estimate of drug-likeness (QED) is 0.552. The smallest absolute Gasteiger partial charge is 0.410 e. The number of carbonyl (C=O) groups is 3. The molecule has 2 fully saturated rings. The number of carbonyl (C=O) groups excluding carboxylic acids is 3. The van der Waals surface area contributed by atoms with Crippen LogP contribution in [0.2, 0.25) is 0 Å². The summed E-state index contributed by atoms with van der Waals surface area (Å²) in [5, 5.41) is 3.26. The maximum Gasteiger partial charge on any atom is 0.410 e. The number of ether oxygens (including phenoxy) is 2. The minimum atomic E-state index is -0.668. The van der Waals surface area contributed by atoms with E-state index >= 15 is 4.39 Å². The van der Waals surface area contributed by atoms with E-state index in [4.69, 9.17) is 9.47 Å². The number of methoxy groups -OCH3 is 1. The van der Waals surface area contributed by atoms with Gasteiger partial charge in [0.05, 0.1) is 22.4 Å². The monoisotopic (exact) mass is 550 g/mol. The summed E-state index contributed by atoms with van der Waals surface area (Å²) in [5.41, 5.74) is -0.145. The first-order valence-electron chi connectivity index (χ1n) is 12.1. The third kappa shape index (κ3) is 6.53. The minimum absolute atomic E-state index is 0.0441. The Labute approximate surface area is 223 Å². The van der Waals surface area contributed by atoms with Crippen LogP contribution in [-0.2, 0) is 9.53 Å². The summed E-state index contributed by atoms with van der Waals surface area (Å²) < 4.78 is 27.3. The second kappa shape index (κ2) is 10.9. The summed E-state index contributed by atoms with van der Waals surface area (Å²) in [6.07, 6.45) is 2.93. The Morgan fingerprint density at radius 1 is 1.16 bits per heavy atom. The molecule has 2 aliphatic rings. The Hall–Kier alpha value is -2.86. The predicted molar refractivity (Wildman–Crippen MR) is 139 cm³/mol. The van der Waals surface area contributed by atoms with Crippen LogP contribution in [0.1, 0.15) is 49.5 Å². The van der Waals surface area contributed by atoms with E-state index in [0.717, 1.165) is 24.6 Å². The molecule has 0 bridgehead atoms. The van der Waals surface area contributed by atoms with E-state index in [9.17, 15) is 14.4 Å². The van der Waals surface area contributed by atoms with Crippen molar-refractivity contribution < 1.29 is 28.2 Å². The van der Waals surface area contributed by atoms with Crippen molar-refractivity contribution in [1.29, 1.82) is 0 Å². The Morgan fingerprint density at radius 3 is 2.41 bits per heavy atom. The van der Waals surface area contributed by atoms with Crippen molar-refractivity contribution in [2.75, 3.05) is 38.6 Å². The fraction of sp³-hybridized carbons (Fsp3) is 0.520. The van der Waals surface area contributed by atoms with Gasteiger partial charge in [0.2, 0.25) is 5.91 Å². The van der Waals surface area contributed by atoms with Crippen molar-refractivity contribution in [2.24, 2.45) is 5.92 Å². The van der Waals surface area contributed by atoms with Gasteiger partial charge in [0.15, 0.2) is 10.9 Å². The fourth-order valence-corrected chi connectivity index (χ4v) is 5.73. The Bertz CT molecular complexity index is 1200. The molecular formula is C25H31FN4O5S2. The van der Waals surface area contributed by atoms with Gasteiger partial charge in [-0.25, -0.2) is 14.2 Å². The predicted octanol–water partition coefficient (Wildman–Crippen LogP) is 4.79. The van der Waals surface area contributed by atoms with Gasteiger partial charge in [0.25, 0.3) is 5.91 Å². The number of amides is 3. The van der Waals surface area contributed by atoms with Crippen molar-refractivity contribution in [3.05, 3.63) is 29.2 Å². The van der Waals surface area contributed by atoms with Gasteiger partial charge in [-0.3, -0.25) is 9.59 Å². The zero-order valence-electron chi connectivity index (χ0n) is 21.6. The molecular weight excluding hydrogens is 519 g/mol. The number of halogens is 1. The molecule has 9 nitrogen and oxygen atoms in total. The molecule has 1 aromatic heterocycles. The summed E-state index contributed by atoms with van der Waals surface area (Å²) in [5.74, 6) is -1.00. The summed E-state index contributed by atoms with van der Waals surface area (Å²) in [7, 11) is 1.40. The van der Waals surface area contributed by atoms with Crippen molar-refractivity contribution in [2.45, 2.75) is 55.2 Å². The van der Waals surface area contributed by atoms with Gasteiger partial charge in [-0.05, 0) is 52.2 Å². The highest BCUT2D eigenvalue weighted by atomic mass is 32.2. The zero-order valence-corrected chi connectivity index (χ0v) is 23.2. The Morgan fingerprint density at radius 2 is 1.81 bits per heavy atom. The molecule has 4 rings (SSSR count). The topological polar surface area (TPSA) is 101 Å². The normalized spacial score (nSPS) is 15.9. The van der Waals surface area contributed by atoms with Gasteiger partial charge in [-0.2, -0.15) is 0 Å². The molecule has 0 unspecified atom stereocenters. The highest BCUT2D eigenvalue weighted by Gasteiger charge is 2.33. The molecule has 0 atom stereocenters. The second-order valence-electron chi connectivity index (χ2n) is 10.0. The lowest BCUT2D eigenvalue weighted by Crippen LogP contribution is -2.51. The van der Waals surface area contributed by atoms with Crippen LogP contribution in [-0.4, -0.2) is 71.6 Å². The summed E-state index contributed by atoms with van der Waals surface area (Å²) in [6, 6.07) is 1.65. The SMILES string of the molecule is COc1cc(C)c(Sc2cnc(NC(=O)C3CC3)s2)c(F)c1C(=O)N1CCN(C(=O)OC(C)(C)C)CC1. The maximum atomic E-state index is 15.9. The Balaban J connectivity index is 1.49. The van der Waals surface area contributed by atoms with E-state index in [0.29, 0.717) is 19.8 Å². The van der Waals surface area contributed by atoms with E-state index in [-0.39, 0.29) is 49.3 Å². The third-order valence-electron chi connectivity index (χ3n) is 5.89. The summed E-state index contributed by atoms with van der Waals surface area (Å²) in [6.45, 7) is 8.20. The zero-order chi connectivity index (χ0) is 26.9. The lowest BCUT2D eigenvalue weighted by molar-refractivity contribution is -0.117. The number of nitrogens with one attached hydrogen (secondary N) is 1. The van der Waals surface area contributed by atoms with Crippen LogP contribution < -0.4 is 10.1 Å². The molecule has 2 heterocycles. The van der Waals surface area contributed by atoms with E-state index in [1.807, 2.05) is 0 Å². The van der Waals surface area contributed by atoms with Gasteiger partial charge >= 0.3 is 6.09 Å². The van der Waals surface area contributed by atoms with Crippen LogP contribution in [0, 0.1) is 18.7 Å². The van der Waals surface area contributed by atoms with Gasteiger partial charge in [-0.1, -0.05) is 23.1 Å². The molecule has 200 valence electrons. The van der Waals surface area contributed by atoms with Crippen LogP contribution in [0.3, 0.4) is 0 Å². The molecule has 0 radical (unpaired) electrons. The number of benzene rings is 1. The van der Waals surface area contributed by atoms with Crippen molar-refractivity contribution in [3.8, 4) is 5.75 Å². The van der Waals surface area contributed by atoms with E-state index < -0.39 is 23.4 Å². The first kappa shape index (κ1) is 27.2. The minimum Gasteiger partial charge on any atom is -0.496 e. The highest BCUT2D eigenvalue weighted by Crippen LogP contribution is 2.41. The number of nitrogens with zero attached hydrogens (tertiary/aromatic N) is 3. The molecule has 2 aromatic rings. The van der Waals surface area contributed by atoms with Crippen LogP contribution in [0.4, 0.5) is 14.3 Å². The molecule has 12 heteroatoms. The second-order valence-corrected chi connectivity index (χ2v) is 12.4. The lowest BCUT2D eigenvalue weighted by Gasteiger charge is -2.35. The number of aryl methyl sites for hydroxylation is 1. The summed E-state index contributed by atoms with van der Waals surface area (Å²) in [4.78, 5) is 45.4. The third-order valence-corrected chi connectivity index (χ3v) is 8.11. The van der Waals surface area contributed by atoms with Gasteiger partial charge in [-0.15, -0.1) is 0 Å². The van der Waals surface area contributed by atoms with Gasteiger partial charge < -0.3 is 24.6 Å². The van der Waals surface area contributed by atoms with Crippen LogP contribution in [0.15, 0.2) is 21.4 Å². The van der Waals surface area contributed by atoms with Gasteiger partial charge in [0.1, 0.15) is 16.9 Å². The number of aromatic nitrogens is 1. The van der Waals surface area contributed by atoms with Crippen LogP contribution in [0.25, 0.3) is 0 Å². The molecule has 3 amide bonds. The molecule has 1 saturated heterocycles. The molecule has 0 spiro atoms. The fourth-order valence-electron chi connectivity index (χ4n) is 3.81. The number of piperazine rings is 1. The van der Waals surface area contributed by atoms with Crippen LogP contribution >= 0.6 is 23.1 Å². The maximum absolute atomic E-state index is 15.9. The number of hydrogen-bond donors (Lipinski definition) is 1. The molecule has 1 saturated carbocycles. The number of thiazole rings is 1. The van der Waals surface area contributed by atoms with E-state index in [2.05, 4.69) is 10.3 Å². The standard InChI is InChI=1S/C25H31FN4O5S2/c1-14-12-16(34-5)18(22(32)29-8-10-30(11-9-29)24(33)35-25(2,3)4)19(26)20(14)36-17-13-27-23(37-17)28-21(31)15-6-7-15/h12-13,15H,6-11H2,1-5H3,(H,27,28,31). The number of hydrogen-bond acceptors (Lipinski definition) is 8. The average molecular weight is 551 g/mol. The first-order valence-corrected chi connectivity index (χ1v) is 13.7. The van der Waals surface area contributed by atoms with Crippen molar-refractivity contribution in [3.63, 3.8) is 0 Å². The van der Waals surface area contributed by atoms with Crippen molar-refractivity contribution in [1.82, 2.24) is 14.8 Å². The van der Waals surface area contributed by atoms with E-state index in [1.54, 1.807) is 44.9 Å². The summed E-state index contributed by atoms with van der Waals surface area (Å²) >= 11 is 2.41. The van der Waals surface area contributed by atoms with Crippen molar-refractivity contribution >= 4 is 46.1 Å². The largest absolute Gasteiger partial charge is 0.496 e. The lowest BCUT2D eigenvalue weighted by atomic mass is 10.1. The first-order chi connectivity index (χ1) is 17.5.